The van der Waals surface area contributed by atoms with Crippen molar-refractivity contribution in [2.45, 2.75) is 6.42 Å². The van der Waals surface area contributed by atoms with Crippen molar-refractivity contribution in [3.05, 3.63) is 24.0 Å². The minimum absolute atomic E-state index is 0.253. The van der Waals surface area contributed by atoms with Gasteiger partial charge in [0.15, 0.2) is 5.69 Å². The van der Waals surface area contributed by atoms with Crippen LogP contribution in [-0.2, 0) is 0 Å². The maximum atomic E-state index is 11.4. The number of nitrogen functional groups attached to an aromatic ring is 1. The molecule has 1 amide bonds. The van der Waals surface area contributed by atoms with Gasteiger partial charge in [0, 0.05) is 12.7 Å². The summed E-state index contributed by atoms with van der Waals surface area (Å²) in [5, 5.41) is 2.68. The van der Waals surface area contributed by atoms with E-state index < -0.39 is 0 Å². The maximum Gasteiger partial charge on any atom is 0.272 e. The molecular weight excluding hydrogens is 180 g/mol. The number of hydrogen-bond acceptors (Lipinski definition) is 4. The van der Waals surface area contributed by atoms with Crippen molar-refractivity contribution in [2.24, 2.45) is 5.73 Å². The second kappa shape index (κ2) is 5.18. The topological polar surface area (TPSA) is 94.0 Å². The van der Waals surface area contributed by atoms with E-state index in [1.54, 1.807) is 12.1 Å². The van der Waals surface area contributed by atoms with Crippen LogP contribution in [0.5, 0.6) is 0 Å². The lowest BCUT2D eigenvalue weighted by atomic mass is 10.3. The molecule has 5 heteroatoms. The van der Waals surface area contributed by atoms with Crippen molar-refractivity contribution in [3.8, 4) is 0 Å². The number of nitrogens with one attached hydrogen (secondary N) is 1. The zero-order valence-electron chi connectivity index (χ0n) is 7.86. The van der Waals surface area contributed by atoms with Gasteiger partial charge in [-0.1, -0.05) is 0 Å². The smallest absolute Gasteiger partial charge is 0.272 e. The Morgan fingerprint density at radius 2 is 2.36 bits per heavy atom. The first kappa shape index (κ1) is 10.5. The number of amides is 1. The summed E-state index contributed by atoms with van der Waals surface area (Å²) >= 11 is 0. The number of rotatable bonds is 4. The van der Waals surface area contributed by atoms with E-state index in [9.17, 15) is 4.79 Å². The summed E-state index contributed by atoms with van der Waals surface area (Å²) in [5.41, 5.74) is 11.5. The average Bonchev–Trinajstić information content (AvgIpc) is 2.18. The number of carbonyl (C=O) groups is 1. The Hall–Kier alpha value is -1.62. The first-order chi connectivity index (χ1) is 6.75. The zero-order chi connectivity index (χ0) is 10.4. The number of nitrogens with zero attached hydrogens (tertiary/aromatic N) is 1. The van der Waals surface area contributed by atoms with E-state index in [0.29, 0.717) is 18.8 Å². The third-order valence-electron chi connectivity index (χ3n) is 1.72. The summed E-state index contributed by atoms with van der Waals surface area (Å²) in [6, 6.07) is 3.33. The average molecular weight is 194 g/mol. The summed E-state index contributed by atoms with van der Waals surface area (Å²) in [7, 11) is 0. The predicted molar refractivity (Wildman–Crippen MR) is 54.7 cm³/mol. The van der Waals surface area contributed by atoms with Gasteiger partial charge in [-0.05, 0) is 25.1 Å². The number of hydrogen-bond donors (Lipinski definition) is 3. The van der Waals surface area contributed by atoms with Crippen molar-refractivity contribution in [3.63, 3.8) is 0 Å². The van der Waals surface area contributed by atoms with Crippen LogP contribution in [0.2, 0.25) is 0 Å². The molecular formula is C9H14N4O. The molecule has 5 nitrogen and oxygen atoms in total. The molecule has 0 aliphatic rings. The van der Waals surface area contributed by atoms with Gasteiger partial charge in [0.1, 0.15) is 0 Å². The van der Waals surface area contributed by atoms with Gasteiger partial charge in [-0.25, -0.2) is 4.98 Å². The predicted octanol–water partition coefficient (Wildman–Crippen LogP) is -0.258. The van der Waals surface area contributed by atoms with Crippen LogP contribution >= 0.6 is 0 Å². The number of nitrogens with two attached hydrogens (primary N) is 2. The van der Waals surface area contributed by atoms with E-state index in [1.807, 2.05) is 0 Å². The highest BCUT2D eigenvalue weighted by Crippen LogP contribution is 2.05. The molecule has 1 heterocycles. The minimum atomic E-state index is -0.253. The molecule has 0 aliphatic carbocycles. The Balaban J connectivity index is 2.56. The van der Waals surface area contributed by atoms with Crippen LogP contribution < -0.4 is 16.8 Å². The lowest BCUT2D eigenvalue weighted by Crippen LogP contribution is -2.27. The molecule has 5 N–H and O–H groups in total. The third kappa shape index (κ3) is 2.70. The summed E-state index contributed by atoms with van der Waals surface area (Å²) in [6.07, 6.45) is 2.28. The van der Waals surface area contributed by atoms with Crippen molar-refractivity contribution in [2.75, 3.05) is 18.8 Å². The molecule has 76 valence electrons. The fourth-order valence-electron chi connectivity index (χ4n) is 0.995. The lowest BCUT2D eigenvalue weighted by Gasteiger charge is -2.04. The zero-order valence-corrected chi connectivity index (χ0v) is 7.86. The Labute approximate surface area is 82.5 Å². The Morgan fingerprint density at radius 1 is 1.57 bits per heavy atom. The van der Waals surface area contributed by atoms with Gasteiger partial charge in [-0.15, -0.1) is 0 Å². The van der Waals surface area contributed by atoms with Crippen molar-refractivity contribution in [1.29, 1.82) is 0 Å². The van der Waals surface area contributed by atoms with Crippen LogP contribution in [0.15, 0.2) is 18.3 Å². The molecule has 1 rings (SSSR count). The van der Waals surface area contributed by atoms with Crippen LogP contribution in [-0.4, -0.2) is 24.0 Å². The van der Waals surface area contributed by atoms with Crippen molar-refractivity contribution >= 4 is 11.6 Å². The van der Waals surface area contributed by atoms with E-state index in [0.717, 1.165) is 6.42 Å². The maximum absolute atomic E-state index is 11.4. The van der Waals surface area contributed by atoms with Gasteiger partial charge >= 0.3 is 0 Å². The van der Waals surface area contributed by atoms with E-state index in [-0.39, 0.29) is 11.6 Å². The van der Waals surface area contributed by atoms with Crippen LogP contribution in [0.1, 0.15) is 16.9 Å². The van der Waals surface area contributed by atoms with E-state index in [1.165, 1.54) is 6.20 Å². The van der Waals surface area contributed by atoms with Gasteiger partial charge in [0.25, 0.3) is 5.91 Å². The molecule has 0 saturated carbocycles. The molecule has 0 bridgehead atoms. The van der Waals surface area contributed by atoms with Crippen LogP contribution in [0, 0.1) is 0 Å². The number of aromatic nitrogens is 1. The number of anilines is 1. The van der Waals surface area contributed by atoms with Gasteiger partial charge in [-0.3, -0.25) is 4.79 Å². The molecule has 14 heavy (non-hydrogen) atoms. The van der Waals surface area contributed by atoms with Crippen LogP contribution in [0.25, 0.3) is 0 Å². The van der Waals surface area contributed by atoms with E-state index in [4.69, 9.17) is 11.5 Å². The normalized spacial score (nSPS) is 9.79. The molecule has 0 saturated heterocycles. The monoisotopic (exact) mass is 194 g/mol. The number of pyridine rings is 1. The molecule has 0 aliphatic heterocycles. The molecule has 1 aromatic rings. The molecule has 0 unspecified atom stereocenters. The van der Waals surface area contributed by atoms with Gasteiger partial charge < -0.3 is 16.8 Å². The van der Waals surface area contributed by atoms with E-state index >= 15 is 0 Å². The van der Waals surface area contributed by atoms with Crippen LogP contribution in [0.3, 0.4) is 0 Å². The fraction of sp³-hybridized carbons (Fsp3) is 0.333. The highest BCUT2D eigenvalue weighted by atomic mass is 16.1. The third-order valence-corrected chi connectivity index (χ3v) is 1.72. The van der Waals surface area contributed by atoms with Crippen molar-refractivity contribution < 1.29 is 4.79 Å². The first-order valence-corrected chi connectivity index (χ1v) is 4.44. The van der Waals surface area contributed by atoms with Gasteiger partial charge in [0.2, 0.25) is 0 Å². The summed E-state index contributed by atoms with van der Waals surface area (Å²) in [4.78, 5) is 15.3. The SMILES string of the molecule is NCCCNC(=O)c1ncccc1N. The largest absolute Gasteiger partial charge is 0.397 e. The summed E-state index contributed by atoms with van der Waals surface area (Å²) in [5.74, 6) is -0.253. The number of carbonyl (C=O) groups excluding carboxylic acids is 1. The standard InChI is InChI=1S/C9H14N4O/c10-4-2-6-13-9(14)8-7(11)3-1-5-12-8/h1,3,5H,2,4,6,10-11H2,(H,13,14). The minimum Gasteiger partial charge on any atom is -0.397 e. The quantitative estimate of drug-likeness (QED) is 0.576. The van der Waals surface area contributed by atoms with Gasteiger partial charge in [-0.2, -0.15) is 0 Å². The highest BCUT2D eigenvalue weighted by molar-refractivity contribution is 5.96. The molecule has 0 spiro atoms. The fourth-order valence-corrected chi connectivity index (χ4v) is 0.995. The van der Waals surface area contributed by atoms with Crippen LogP contribution in [0.4, 0.5) is 5.69 Å². The summed E-state index contributed by atoms with van der Waals surface area (Å²) in [6.45, 7) is 1.10. The van der Waals surface area contributed by atoms with E-state index in [2.05, 4.69) is 10.3 Å². The van der Waals surface area contributed by atoms with Crippen molar-refractivity contribution in [1.82, 2.24) is 10.3 Å². The van der Waals surface area contributed by atoms with Gasteiger partial charge in [0.05, 0.1) is 5.69 Å². The molecule has 0 aromatic carbocycles. The Morgan fingerprint density at radius 3 is 3.00 bits per heavy atom. The molecule has 0 radical (unpaired) electrons. The lowest BCUT2D eigenvalue weighted by molar-refractivity contribution is 0.0949. The molecule has 0 atom stereocenters. The second-order valence-electron chi connectivity index (χ2n) is 2.84. The Bertz CT molecular complexity index is 313. The molecule has 0 fully saturated rings. The second-order valence-corrected chi connectivity index (χ2v) is 2.84. The summed E-state index contributed by atoms with van der Waals surface area (Å²) < 4.78 is 0. The Kier molecular flexibility index (Phi) is 3.87. The molecule has 1 aromatic heterocycles. The first-order valence-electron chi connectivity index (χ1n) is 4.44. The highest BCUT2D eigenvalue weighted by Gasteiger charge is 2.08.